The lowest BCUT2D eigenvalue weighted by Crippen LogP contribution is -2.29. The molecule has 0 aromatic heterocycles. The zero-order valence-electron chi connectivity index (χ0n) is 6.96. The van der Waals surface area contributed by atoms with Crippen LogP contribution in [0.5, 0.6) is 0 Å². The van der Waals surface area contributed by atoms with Gasteiger partial charge in [-0.15, -0.1) is 0 Å². The van der Waals surface area contributed by atoms with Crippen LogP contribution in [0.25, 0.3) is 0 Å². The number of ether oxygens (including phenoxy) is 1. The van der Waals surface area contributed by atoms with Gasteiger partial charge in [-0.25, -0.2) is 0 Å². The maximum absolute atomic E-state index is 10.6. The van der Waals surface area contributed by atoms with E-state index in [0.29, 0.717) is 12.8 Å². The molecule has 0 amide bonds. The molecule has 0 aliphatic heterocycles. The Bertz CT molecular complexity index is 112. The number of hydrogen-bond donors (Lipinski definition) is 2. The van der Waals surface area contributed by atoms with Gasteiger partial charge in [0.05, 0.1) is 13.7 Å². The molecular formula is C7H15NO3. The molecule has 0 aromatic rings. The van der Waals surface area contributed by atoms with Gasteiger partial charge in [0, 0.05) is 12.5 Å². The topological polar surface area (TPSA) is 58.6 Å². The van der Waals surface area contributed by atoms with E-state index in [-0.39, 0.29) is 18.6 Å². The number of rotatable bonds is 5. The van der Waals surface area contributed by atoms with Crippen molar-refractivity contribution >= 4 is 5.97 Å². The smallest absolute Gasteiger partial charge is 0.305 e. The molecule has 4 nitrogen and oxygen atoms in total. The van der Waals surface area contributed by atoms with E-state index in [0.717, 1.165) is 0 Å². The van der Waals surface area contributed by atoms with Crippen LogP contribution in [0, 0.1) is 0 Å². The van der Waals surface area contributed by atoms with E-state index in [4.69, 9.17) is 5.11 Å². The second-order valence-corrected chi connectivity index (χ2v) is 2.28. The van der Waals surface area contributed by atoms with E-state index in [9.17, 15) is 4.79 Å². The van der Waals surface area contributed by atoms with Crippen molar-refractivity contribution in [2.45, 2.75) is 18.9 Å². The quantitative estimate of drug-likeness (QED) is 0.535. The SMILES string of the molecule is CN[C@H](CO)CCC(=O)OC. The van der Waals surface area contributed by atoms with Crippen molar-refractivity contribution in [3.05, 3.63) is 0 Å². The van der Waals surface area contributed by atoms with Crippen molar-refractivity contribution in [3.8, 4) is 0 Å². The molecule has 0 aliphatic rings. The number of methoxy groups -OCH3 is 1. The number of likely N-dealkylation sites (N-methyl/N-ethyl adjacent to an activating group) is 1. The minimum Gasteiger partial charge on any atom is -0.469 e. The minimum atomic E-state index is -0.237. The van der Waals surface area contributed by atoms with E-state index in [2.05, 4.69) is 10.1 Å². The summed E-state index contributed by atoms with van der Waals surface area (Å²) in [5.74, 6) is -0.237. The van der Waals surface area contributed by atoms with Crippen LogP contribution in [-0.2, 0) is 9.53 Å². The molecule has 66 valence electrons. The molecule has 0 fully saturated rings. The summed E-state index contributed by atoms with van der Waals surface area (Å²) >= 11 is 0. The summed E-state index contributed by atoms with van der Waals surface area (Å²) in [6, 6.07) is -0.00546. The zero-order chi connectivity index (χ0) is 8.69. The Morgan fingerprint density at radius 1 is 1.73 bits per heavy atom. The monoisotopic (exact) mass is 161 g/mol. The lowest BCUT2D eigenvalue weighted by atomic mass is 10.2. The van der Waals surface area contributed by atoms with E-state index in [1.807, 2.05) is 0 Å². The molecule has 0 rings (SSSR count). The maximum Gasteiger partial charge on any atom is 0.305 e. The van der Waals surface area contributed by atoms with Gasteiger partial charge in [-0.05, 0) is 13.5 Å². The number of aliphatic hydroxyl groups is 1. The Morgan fingerprint density at radius 3 is 2.73 bits per heavy atom. The van der Waals surface area contributed by atoms with Crippen LogP contribution in [0.2, 0.25) is 0 Å². The van der Waals surface area contributed by atoms with Crippen LogP contribution < -0.4 is 5.32 Å². The summed E-state index contributed by atoms with van der Waals surface area (Å²) in [7, 11) is 3.10. The van der Waals surface area contributed by atoms with E-state index in [1.165, 1.54) is 7.11 Å². The van der Waals surface area contributed by atoms with E-state index >= 15 is 0 Å². The van der Waals surface area contributed by atoms with Crippen LogP contribution in [-0.4, -0.2) is 37.9 Å². The number of nitrogens with one attached hydrogen (secondary N) is 1. The van der Waals surface area contributed by atoms with Crippen molar-refractivity contribution in [1.82, 2.24) is 5.32 Å². The fraction of sp³-hybridized carbons (Fsp3) is 0.857. The second-order valence-electron chi connectivity index (χ2n) is 2.28. The van der Waals surface area contributed by atoms with Gasteiger partial charge in [0.25, 0.3) is 0 Å². The number of hydrogen-bond acceptors (Lipinski definition) is 4. The Morgan fingerprint density at radius 2 is 2.36 bits per heavy atom. The van der Waals surface area contributed by atoms with Crippen LogP contribution in [0.15, 0.2) is 0 Å². The Hall–Kier alpha value is -0.610. The Kier molecular flexibility index (Phi) is 5.78. The number of carbonyl (C=O) groups excluding carboxylic acids is 1. The molecule has 0 saturated carbocycles. The number of aliphatic hydroxyl groups excluding tert-OH is 1. The minimum absolute atomic E-state index is 0.00546. The summed E-state index contributed by atoms with van der Waals surface area (Å²) in [6.45, 7) is 0.0491. The second kappa shape index (κ2) is 6.12. The average Bonchev–Trinajstić information content (AvgIpc) is 2.06. The first-order valence-corrected chi connectivity index (χ1v) is 3.59. The largest absolute Gasteiger partial charge is 0.469 e. The molecule has 0 radical (unpaired) electrons. The van der Waals surface area contributed by atoms with Gasteiger partial charge in [-0.2, -0.15) is 0 Å². The van der Waals surface area contributed by atoms with Crippen LogP contribution in [0.4, 0.5) is 0 Å². The van der Waals surface area contributed by atoms with Crippen LogP contribution >= 0.6 is 0 Å². The highest BCUT2D eigenvalue weighted by atomic mass is 16.5. The number of esters is 1. The first-order valence-electron chi connectivity index (χ1n) is 3.59. The first kappa shape index (κ1) is 10.4. The number of carbonyl (C=O) groups is 1. The van der Waals surface area contributed by atoms with Crippen molar-refractivity contribution in [2.75, 3.05) is 20.8 Å². The van der Waals surface area contributed by atoms with E-state index in [1.54, 1.807) is 7.05 Å². The molecule has 0 bridgehead atoms. The molecule has 0 saturated heterocycles. The molecule has 2 N–H and O–H groups in total. The van der Waals surface area contributed by atoms with E-state index < -0.39 is 0 Å². The summed E-state index contributed by atoms with van der Waals surface area (Å²) in [4.78, 5) is 10.6. The van der Waals surface area contributed by atoms with Gasteiger partial charge in [-0.1, -0.05) is 0 Å². The fourth-order valence-corrected chi connectivity index (χ4v) is 0.721. The third-order valence-electron chi connectivity index (χ3n) is 1.55. The lowest BCUT2D eigenvalue weighted by molar-refractivity contribution is -0.140. The van der Waals surface area contributed by atoms with Crippen molar-refractivity contribution in [2.24, 2.45) is 0 Å². The highest BCUT2D eigenvalue weighted by molar-refractivity contribution is 5.69. The van der Waals surface area contributed by atoms with Crippen molar-refractivity contribution in [3.63, 3.8) is 0 Å². The Labute approximate surface area is 66.5 Å². The third-order valence-corrected chi connectivity index (χ3v) is 1.55. The lowest BCUT2D eigenvalue weighted by Gasteiger charge is -2.10. The van der Waals surface area contributed by atoms with Gasteiger partial charge in [0.1, 0.15) is 0 Å². The van der Waals surface area contributed by atoms with Gasteiger partial charge in [-0.3, -0.25) is 4.79 Å². The first-order chi connectivity index (χ1) is 5.24. The fourth-order valence-electron chi connectivity index (χ4n) is 0.721. The predicted octanol–water partition coefficient (Wildman–Crippen LogP) is -0.480. The molecule has 0 aliphatic carbocycles. The van der Waals surface area contributed by atoms with Gasteiger partial charge in [0.15, 0.2) is 0 Å². The standard InChI is InChI=1S/C7H15NO3/c1-8-6(5-9)3-4-7(10)11-2/h6,8-9H,3-5H2,1-2H3/t6-/m0/s1. The van der Waals surface area contributed by atoms with Crippen LogP contribution in [0.1, 0.15) is 12.8 Å². The summed E-state index contributed by atoms with van der Waals surface area (Å²) in [6.07, 6.45) is 0.961. The Balaban J connectivity index is 3.42. The molecule has 11 heavy (non-hydrogen) atoms. The summed E-state index contributed by atoms with van der Waals surface area (Å²) in [5, 5.41) is 11.6. The van der Waals surface area contributed by atoms with Gasteiger partial charge < -0.3 is 15.2 Å². The third kappa shape index (κ3) is 4.75. The molecule has 0 heterocycles. The van der Waals surface area contributed by atoms with Gasteiger partial charge in [0.2, 0.25) is 0 Å². The highest BCUT2D eigenvalue weighted by Crippen LogP contribution is 1.96. The van der Waals surface area contributed by atoms with Crippen LogP contribution in [0.3, 0.4) is 0 Å². The summed E-state index contributed by atoms with van der Waals surface area (Å²) in [5.41, 5.74) is 0. The highest BCUT2D eigenvalue weighted by Gasteiger charge is 2.07. The molecule has 0 spiro atoms. The van der Waals surface area contributed by atoms with Gasteiger partial charge >= 0.3 is 5.97 Å². The maximum atomic E-state index is 10.6. The molecular weight excluding hydrogens is 146 g/mol. The molecule has 1 atom stereocenters. The molecule has 0 unspecified atom stereocenters. The average molecular weight is 161 g/mol. The predicted molar refractivity (Wildman–Crippen MR) is 41.2 cm³/mol. The van der Waals surface area contributed by atoms with Crippen molar-refractivity contribution < 1.29 is 14.6 Å². The molecule has 0 aromatic carbocycles. The zero-order valence-corrected chi connectivity index (χ0v) is 6.96. The van der Waals surface area contributed by atoms with Crippen molar-refractivity contribution in [1.29, 1.82) is 0 Å². The summed E-state index contributed by atoms with van der Waals surface area (Å²) < 4.78 is 4.44. The molecule has 4 heteroatoms. The normalized spacial score (nSPS) is 12.6.